The Morgan fingerprint density at radius 2 is 2.03 bits per heavy atom. The standard InChI is InChI=1S/C22H28N2O6/c1-4-29-18-9-8-16(15(3)25)11-17(18)13-30-19(26)12-24-20(27)22(23-21(24)28)10-6-5-7-14(22)2/h8-9,11,14H,4-7,10,12-13H2,1-3H3,(H,23,28)/t14-,22+/m0/s1. The molecule has 162 valence electrons. The minimum Gasteiger partial charge on any atom is -0.493 e. The van der Waals surface area contributed by atoms with Crippen LogP contribution in [0.2, 0.25) is 0 Å². The molecule has 1 aliphatic heterocycles. The number of Topliss-reactive ketones (excluding diaryl/α,β-unsaturated/α-hetero) is 1. The number of benzene rings is 1. The predicted octanol–water partition coefficient (Wildman–Crippen LogP) is 2.83. The van der Waals surface area contributed by atoms with E-state index in [-0.39, 0.29) is 24.2 Å². The second-order valence-corrected chi connectivity index (χ2v) is 7.91. The molecule has 3 amide bonds. The third-order valence-corrected chi connectivity index (χ3v) is 5.94. The van der Waals surface area contributed by atoms with Gasteiger partial charge in [0.25, 0.3) is 5.91 Å². The molecule has 1 saturated heterocycles. The summed E-state index contributed by atoms with van der Waals surface area (Å²) >= 11 is 0. The monoisotopic (exact) mass is 416 g/mol. The van der Waals surface area contributed by atoms with E-state index < -0.39 is 24.1 Å². The number of ether oxygens (including phenoxy) is 2. The van der Waals surface area contributed by atoms with Crippen molar-refractivity contribution >= 4 is 23.7 Å². The summed E-state index contributed by atoms with van der Waals surface area (Å²) in [4.78, 5) is 50.3. The van der Waals surface area contributed by atoms with Crippen LogP contribution in [0.15, 0.2) is 18.2 Å². The third-order valence-electron chi connectivity index (χ3n) is 5.94. The maximum Gasteiger partial charge on any atom is 0.326 e. The lowest BCUT2D eigenvalue weighted by atomic mass is 9.73. The van der Waals surface area contributed by atoms with E-state index >= 15 is 0 Å². The van der Waals surface area contributed by atoms with E-state index in [1.807, 2.05) is 13.8 Å². The second kappa shape index (κ2) is 8.85. The zero-order valence-electron chi connectivity index (χ0n) is 17.7. The van der Waals surface area contributed by atoms with Gasteiger partial charge in [-0.05, 0) is 50.8 Å². The van der Waals surface area contributed by atoms with Crippen molar-refractivity contribution in [3.8, 4) is 5.75 Å². The van der Waals surface area contributed by atoms with E-state index in [1.165, 1.54) is 6.92 Å². The summed E-state index contributed by atoms with van der Waals surface area (Å²) in [5, 5.41) is 2.82. The molecule has 0 bridgehead atoms. The number of rotatable bonds is 7. The van der Waals surface area contributed by atoms with Crippen molar-refractivity contribution in [2.24, 2.45) is 5.92 Å². The number of nitrogens with zero attached hydrogens (tertiary/aromatic N) is 1. The Bertz CT molecular complexity index is 867. The lowest BCUT2D eigenvalue weighted by Gasteiger charge is -2.36. The summed E-state index contributed by atoms with van der Waals surface area (Å²) in [5.41, 5.74) is 0.118. The van der Waals surface area contributed by atoms with Crippen LogP contribution >= 0.6 is 0 Å². The molecule has 2 atom stereocenters. The van der Waals surface area contributed by atoms with Gasteiger partial charge in [0.15, 0.2) is 5.78 Å². The molecule has 3 rings (SSSR count). The lowest BCUT2D eigenvalue weighted by Crippen LogP contribution is -2.54. The first kappa shape index (κ1) is 21.8. The van der Waals surface area contributed by atoms with Crippen LogP contribution < -0.4 is 10.1 Å². The minimum absolute atomic E-state index is 0.0202. The highest BCUT2D eigenvalue weighted by Crippen LogP contribution is 2.38. The fourth-order valence-corrected chi connectivity index (χ4v) is 4.18. The smallest absolute Gasteiger partial charge is 0.326 e. The maximum absolute atomic E-state index is 12.9. The molecular formula is C22H28N2O6. The normalized spacial score (nSPS) is 23.4. The molecule has 2 fully saturated rings. The first-order chi connectivity index (χ1) is 14.3. The Labute approximate surface area is 175 Å². The number of carbonyl (C=O) groups excluding carboxylic acids is 4. The number of esters is 1. The number of nitrogens with one attached hydrogen (secondary N) is 1. The Morgan fingerprint density at radius 3 is 2.70 bits per heavy atom. The Hall–Kier alpha value is -2.90. The van der Waals surface area contributed by atoms with Crippen LogP contribution in [-0.2, 0) is 20.9 Å². The first-order valence-corrected chi connectivity index (χ1v) is 10.3. The number of ketones is 1. The first-order valence-electron chi connectivity index (χ1n) is 10.3. The molecule has 2 aliphatic rings. The molecule has 0 unspecified atom stereocenters. The fourth-order valence-electron chi connectivity index (χ4n) is 4.18. The SMILES string of the molecule is CCOc1ccc(C(C)=O)cc1COC(=O)CN1C(=O)N[C@@]2(CCCC[C@@H]2C)C1=O. The van der Waals surface area contributed by atoms with Crippen LogP contribution in [0, 0.1) is 5.92 Å². The summed E-state index contributed by atoms with van der Waals surface area (Å²) in [6.07, 6.45) is 3.33. The number of amides is 3. The molecule has 1 saturated carbocycles. The quantitative estimate of drug-likeness (QED) is 0.417. The van der Waals surface area contributed by atoms with Crippen LogP contribution in [-0.4, -0.2) is 47.3 Å². The summed E-state index contributed by atoms with van der Waals surface area (Å²) in [6.45, 7) is 5.08. The molecule has 0 radical (unpaired) electrons. The second-order valence-electron chi connectivity index (χ2n) is 7.91. The van der Waals surface area contributed by atoms with Crippen LogP contribution in [0.1, 0.15) is 62.4 Å². The van der Waals surface area contributed by atoms with Gasteiger partial charge in [0, 0.05) is 11.1 Å². The summed E-state index contributed by atoms with van der Waals surface area (Å²) in [6, 6.07) is 4.37. The zero-order chi connectivity index (χ0) is 21.9. The van der Waals surface area contributed by atoms with E-state index in [0.29, 0.717) is 29.9 Å². The van der Waals surface area contributed by atoms with Gasteiger partial charge in [-0.1, -0.05) is 19.8 Å². The number of carbonyl (C=O) groups is 4. The molecule has 1 aliphatic carbocycles. The Balaban J connectivity index is 1.66. The number of hydrogen-bond donors (Lipinski definition) is 1. The molecule has 8 nitrogen and oxygen atoms in total. The third kappa shape index (κ3) is 4.17. The number of hydrogen-bond acceptors (Lipinski definition) is 6. The molecule has 1 N–H and O–H groups in total. The minimum atomic E-state index is -0.909. The van der Waals surface area contributed by atoms with Gasteiger partial charge in [0.2, 0.25) is 0 Å². The summed E-state index contributed by atoms with van der Waals surface area (Å²) in [5.74, 6) is -0.635. The highest BCUT2D eigenvalue weighted by Gasteiger charge is 2.55. The van der Waals surface area contributed by atoms with Gasteiger partial charge in [0.1, 0.15) is 24.4 Å². The predicted molar refractivity (Wildman–Crippen MR) is 108 cm³/mol. The highest BCUT2D eigenvalue weighted by atomic mass is 16.5. The van der Waals surface area contributed by atoms with E-state index in [9.17, 15) is 19.2 Å². The van der Waals surface area contributed by atoms with Crippen molar-refractivity contribution < 1.29 is 28.7 Å². The van der Waals surface area contributed by atoms with Gasteiger partial charge >= 0.3 is 12.0 Å². The fraction of sp³-hybridized carbons (Fsp3) is 0.545. The molecule has 1 aromatic rings. The van der Waals surface area contributed by atoms with Crippen molar-refractivity contribution in [3.05, 3.63) is 29.3 Å². The van der Waals surface area contributed by atoms with Gasteiger partial charge in [0.05, 0.1) is 6.61 Å². The molecule has 1 spiro atoms. The maximum atomic E-state index is 12.9. The van der Waals surface area contributed by atoms with Crippen LogP contribution in [0.5, 0.6) is 5.75 Å². The Morgan fingerprint density at radius 1 is 1.27 bits per heavy atom. The van der Waals surface area contributed by atoms with Crippen LogP contribution in [0.4, 0.5) is 4.79 Å². The van der Waals surface area contributed by atoms with E-state index in [1.54, 1.807) is 18.2 Å². The average Bonchev–Trinajstić information content (AvgIpc) is 2.94. The van der Waals surface area contributed by atoms with Crippen molar-refractivity contribution in [1.29, 1.82) is 0 Å². The van der Waals surface area contributed by atoms with E-state index in [0.717, 1.165) is 24.2 Å². The van der Waals surface area contributed by atoms with Crippen molar-refractivity contribution in [1.82, 2.24) is 10.2 Å². The van der Waals surface area contributed by atoms with Crippen LogP contribution in [0.3, 0.4) is 0 Å². The summed E-state index contributed by atoms with van der Waals surface area (Å²) < 4.78 is 10.8. The lowest BCUT2D eigenvalue weighted by molar-refractivity contribution is -0.149. The van der Waals surface area contributed by atoms with Gasteiger partial charge < -0.3 is 14.8 Å². The van der Waals surface area contributed by atoms with Gasteiger partial charge in [-0.25, -0.2) is 4.79 Å². The van der Waals surface area contributed by atoms with Gasteiger partial charge in [-0.15, -0.1) is 0 Å². The number of imide groups is 1. The van der Waals surface area contributed by atoms with E-state index in [4.69, 9.17) is 9.47 Å². The van der Waals surface area contributed by atoms with Gasteiger partial charge in [-0.3, -0.25) is 19.3 Å². The van der Waals surface area contributed by atoms with Crippen LogP contribution in [0.25, 0.3) is 0 Å². The number of urea groups is 1. The molecule has 1 aromatic carbocycles. The zero-order valence-corrected chi connectivity index (χ0v) is 17.7. The van der Waals surface area contributed by atoms with Crippen molar-refractivity contribution in [2.45, 2.75) is 58.6 Å². The largest absolute Gasteiger partial charge is 0.493 e. The summed E-state index contributed by atoms with van der Waals surface area (Å²) in [7, 11) is 0. The molecular weight excluding hydrogens is 388 g/mol. The molecule has 8 heteroatoms. The van der Waals surface area contributed by atoms with Crippen molar-refractivity contribution in [3.63, 3.8) is 0 Å². The van der Waals surface area contributed by atoms with E-state index in [2.05, 4.69) is 5.32 Å². The van der Waals surface area contributed by atoms with Gasteiger partial charge in [-0.2, -0.15) is 0 Å². The Kier molecular flexibility index (Phi) is 6.43. The van der Waals surface area contributed by atoms with Crippen molar-refractivity contribution in [2.75, 3.05) is 13.2 Å². The average molecular weight is 416 g/mol. The molecule has 0 aromatic heterocycles. The molecule has 1 heterocycles. The molecule has 30 heavy (non-hydrogen) atoms. The topological polar surface area (TPSA) is 102 Å². The highest BCUT2D eigenvalue weighted by molar-refractivity contribution is 6.09.